The molecule has 1 aliphatic heterocycles. The molecule has 7 nitrogen and oxygen atoms in total. The number of nitrogens with one attached hydrogen (secondary N) is 2. The van der Waals surface area contributed by atoms with Gasteiger partial charge in [-0.2, -0.15) is 0 Å². The number of hydrogen-bond acceptors (Lipinski definition) is 4. The minimum absolute atomic E-state index is 0.307. The van der Waals surface area contributed by atoms with Crippen molar-refractivity contribution in [1.82, 2.24) is 30.3 Å². The third-order valence-corrected chi connectivity index (χ3v) is 5.40. The lowest BCUT2D eigenvalue weighted by molar-refractivity contribution is 0.251. The maximum atomic E-state index is 4.95. The first-order valence-electron chi connectivity index (χ1n) is 11.0. The van der Waals surface area contributed by atoms with Crippen LogP contribution in [-0.2, 0) is 13.0 Å². The Kier molecular flexibility index (Phi) is 8.44. The second-order valence-electron chi connectivity index (χ2n) is 7.89. The van der Waals surface area contributed by atoms with Crippen molar-refractivity contribution in [2.24, 2.45) is 4.99 Å². The van der Waals surface area contributed by atoms with Crippen molar-refractivity contribution < 1.29 is 0 Å². The predicted octanol–water partition coefficient (Wildman–Crippen LogP) is 2.79. The molecule has 0 amide bonds. The SMILES string of the molecule is C=C(C)CNC(=NCC(c1ccccc1)N1CCCC1)NCCn1cnnc1CC. The summed E-state index contributed by atoms with van der Waals surface area (Å²) in [6.07, 6.45) is 5.20. The first kappa shape index (κ1) is 22.0. The third-order valence-electron chi connectivity index (χ3n) is 5.40. The molecule has 1 aromatic carbocycles. The van der Waals surface area contributed by atoms with Crippen LogP contribution in [0, 0.1) is 0 Å². The van der Waals surface area contributed by atoms with Gasteiger partial charge in [0.15, 0.2) is 5.96 Å². The molecule has 0 spiro atoms. The number of benzene rings is 1. The van der Waals surface area contributed by atoms with Crippen LogP contribution in [0.5, 0.6) is 0 Å². The molecule has 2 heterocycles. The lowest BCUT2D eigenvalue weighted by atomic mass is 10.1. The fourth-order valence-corrected chi connectivity index (χ4v) is 3.78. The van der Waals surface area contributed by atoms with Crippen LogP contribution in [0.4, 0.5) is 0 Å². The van der Waals surface area contributed by atoms with E-state index in [-0.39, 0.29) is 0 Å². The van der Waals surface area contributed by atoms with Crippen molar-refractivity contribution in [2.75, 3.05) is 32.7 Å². The first-order valence-corrected chi connectivity index (χ1v) is 11.0. The van der Waals surface area contributed by atoms with Gasteiger partial charge in [-0.25, -0.2) is 0 Å². The topological polar surface area (TPSA) is 70.4 Å². The molecule has 1 atom stereocenters. The second kappa shape index (κ2) is 11.5. The molecule has 0 bridgehead atoms. The van der Waals surface area contributed by atoms with E-state index < -0.39 is 0 Å². The number of nitrogens with zero attached hydrogens (tertiary/aromatic N) is 5. The minimum Gasteiger partial charge on any atom is -0.355 e. The van der Waals surface area contributed by atoms with Gasteiger partial charge in [0.2, 0.25) is 0 Å². The Labute approximate surface area is 180 Å². The normalized spacial score (nSPS) is 15.9. The largest absolute Gasteiger partial charge is 0.355 e. The molecule has 0 aliphatic carbocycles. The van der Waals surface area contributed by atoms with E-state index in [0.717, 1.165) is 56.5 Å². The number of guanidine groups is 1. The van der Waals surface area contributed by atoms with Gasteiger partial charge in [0, 0.05) is 26.1 Å². The zero-order valence-electron chi connectivity index (χ0n) is 18.3. The van der Waals surface area contributed by atoms with Crippen LogP contribution in [0.1, 0.15) is 44.1 Å². The highest BCUT2D eigenvalue weighted by molar-refractivity contribution is 5.80. The van der Waals surface area contributed by atoms with E-state index in [1.54, 1.807) is 6.33 Å². The van der Waals surface area contributed by atoms with Crippen LogP contribution in [0.25, 0.3) is 0 Å². The smallest absolute Gasteiger partial charge is 0.191 e. The zero-order chi connectivity index (χ0) is 21.2. The Morgan fingerprint density at radius 1 is 1.20 bits per heavy atom. The van der Waals surface area contributed by atoms with Gasteiger partial charge in [0.25, 0.3) is 0 Å². The maximum Gasteiger partial charge on any atom is 0.191 e. The number of aromatic nitrogens is 3. The highest BCUT2D eigenvalue weighted by atomic mass is 15.3. The van der Waals surface area contributed by atoms with Gasteiger partial charge in [0.1, 0.15) is 12.2 Å². The molecule has 0 saturated carbocycles. The van der Waals surface area contributed by atoms with E-state index >= 15 is 0 Å². The summed E-state index contributed by atoms with van der Waals surface area (Å²) in [7, 11) is 0. The highest BCUT2D eigenvalue weighted by Gasteiger charge is 2.23. The van der Waals surface area contributed by atoms with Crippen LogP contribution in [0.15, 0.2) is 53.8 Å². The lowest BCUT2D eigenvalue weighted by Gasteiger charge is -2.27. The van der Waals surface area contributed by atoms with Gasteiger partial charge in [-0.15, -0.1) is 10.2 Å². The second-order valence-corrected chi connectivity index (χ2v) is 7.89. The molecule has 1 aromatic heterocycles. The summed E-state index contributed by atoms with van der Waals surface area (Å²) in [6, 6.07) is 11.0. The van der Waals surface area contributed by atoms with Crippen molar-refractivity contribution in [3.63, 3.8) is 0 Å². The molecular formula is C23H35N7. The van der Waals surface area contributed by atoms with Crippen LogP contribution in [-0.4, -0.2) is 58.3 Å². The maximum absolute atomic E-state index is 4.95. The standard InChI is InChI=1S/C23H35N7/c1-4-22-28-27-18-30(22)15-12-24-23(25-16-19(2)3)26-17-21(29-13-8-9-14-29)20-10-6-5-7-11-20/h5-7,10-11,18,21H,2,4,8-9,12-17H2,1,3H3,(H2,24,25,26). The van der Waals surface area contributed by atoms with Gasteiger partial charge in [-0.3, -0.25) is 9.89 Å². The average Bonchev–Trinajstić information content (AvgIpc) is 3.44. The van der Waals surface area contributed by atoms with Crippen molar-refractivity contribution in [1.29, 1.82) is 0 Å². The van der Waals surface area contributed by atoms with Crippen molar-refractivity contribution in [3.8, 4) is 0 Å². The molecule has 1 saturated heterocycles. The molecule has 2 aromatic rings. The summed E-state index contributed by atoms with van der Waals surface area (Å²) in [5, 5.41) is 15.0. The Morgan fingerprint density at radius 2 is 1.97 bits per heavy atom. The van der Waals surface area contributed by atoms with E-state index in [4.69, 9.17) is 4.99 Å². The fourth-order valence-electron chi connectivity index (χ4n) is 3.78. The third kappa shape index (κ3) is 6.42. The molecule has 7 heteroatoms. The number of likely N-dealkylation sites (tertiary alicyclic amines) is 1. The molecule has 30 heavy (non-hydrogen) atoms. The van der Waals surface area contributed by atoms with Gasteiger partial charge in [0.05, 0.1) is 12.6 Å². The summed E-state index contributed by atoms with van der Waals surface area (Å²) in [5.74, 6) is 1.83. The zero-order valence-corrected chi connectivity index (χ0v) is 18.3. The number of rotatable bonds is 10. The highest BCUT2D eigenvalue weighted by Crippen LogP contribution is 2.25. The van der Waals surface area contributed by atoms with Crippen LogP contribution >= 0.6 is 0 Å². The Morgan fingerprint density at radius 3 is 2.67 bits per heavy atom. The van der Waals surface area contributed by atoms with Crippen molar-refractivity contribution in [3.05, 3.63) is 60.2 Å². The van der Waals surface area contributed by atoms with E-state index in [1.165, 1.54) is 18.4 Å². The Hall–Kier alpha value is -2.67. The first-order chi connectivity index (χ1) is 14.7. The van der Waals surface area contributed by atoms with Crippen LogP contribution in [0.2, 0.25) is 0 Å². The number of hydrogen-bond donors (Lipinski definition) is 2. The van der Waals surface area contributed by atoms with Crippen molar-refractivity contribution >= 4 is 5.96 Å². The van der Waals surface area contributed by atoms with Gasteiger partial charge in [-0.05, 0) is 38.4 Å². The predicted molar refractivity (Wildman–Crippen MR) is 123 cm³/mol. The van der Waals surface area contributed by atoms with E-state index in [9.17, 15) is 0 Å². The fraction of sp³-hybridized carbons (Fsp3) is 0.522. The van der Waals surface area contributed by atoms with Crippen LogP contribution < -0.4 is 10.6 Å². The molecule has 3 rings (SSSR count). The molecule has 2 N–H and O–H groups in total. The summed E-state index contributed by atoms with van der Waals surface area (Å²) in [4.78, 5) is 7.50. The van der Waals surface area contributed by atoms with Gasteiger partial charge < -0.3 is 15.2 Å². The molecular weight excluding hydrogens is 374 g/mol. The molecule has 0 radical (unpaired) electrons. The van der Waals surface area contributed by atoms with Crippen molar-refractivity contribution in [2.45, 2.75) is 45.7 Å². The van der Waals surface area contributed by atoms with E-state index in [1.807, 2.05) is 6.92 Å². The summed E-state index contributed by atoms with van der Waals surface area (Å²) in [5.41, 5.74) is 2.41. The summed E-state index contributed by atoms with van der Waals surface area (Å²) >= 11 is 0. The van der Waals surface area contributed by atoms with E-state index in [2.05, 4.69) is 74.1 Å². The summed E-state index contributed by atoms with van der Waals surface area (Å²) < 4.78 is 2.08. The number of aliphatic imine (C=N–C) groups is 1. The summed E-state index contributed by atoms with van der Waals surface area (Å²) in [6.45, 7) is 13.4. The lowest BCUT2D eigenvalue weighted by Crippen LogP contribution is -2.40. The van der Waals surface area contributed by atoms with Gasteiger partial charge >= 0.3 is 0 Å². The quantitative estimate of drug-likeness (QED) is 0.359. The van der Waals surface area contributed by atoms with Crippen LogP contribution in [0.3, 0.4) is 0 Å². The molecule has 1 fully saturated rings. The molecule has 1 unspecified atom stereocenters. The average molecular weight is 410 g/mol. The monoisotopic (exact) mass is 409 g/mol. The number of aryl methyl sites for hydroxylation is 1. The molecule has 162 valence electrons. The minimum atomic E-state index is 0.307. The van der Waals surface area contributed by atoms with Gasteiger partial charge in [-0.1, -0.05) is 49.4 Å². The van der Waals surface area contributed by atoms with E-state index in [0.29, 0.717) is 12.6 Å². The Balaban J connectivity index is 1.66. The Bertz CT molecular complexity index is 806. The molecule has 1 aliphatic rings.